The van der Waals surface area contributed by atoms with Crippen LogP contribution >= 0.6 is 0 Å². The number of piperidine rings is 1. The number of carboxylic acid groups (broad SMARTS) is 1. The van der Waals surface area contributed by atoms with Crippen LogP contribution in [0.1, 0.15) is 52.7 Å². The molecule has 1 aliphatic carbocycles. The van der Waals surface area contributed by atoms with E-state index >= 15 is 0 Å². The van der Waals surface area contributed by atoms with Crippen molar-refractivity contribution in [3.8, 4) is 17.0 Å². The third-order valence-corrected chi connectivity index (χ3v) is 9.70. The van der Waals surface area contributed by atoms with Crippen LogP contribution in [0, 0.1) is 18.3 Å². The highest BCUT2D eigenvalue weighted by atomic mass is 16.5. The van der Waals surface area contributed by atoms with Crippen molar-refractivity contribution in [2.45, 2.75) is 51.7 Å². The van der Waals surface area contributed by atoms with Gasteiger partial charge >= 0.3 is 5.97 Å². The number of anilines is 1. The minimum atomic E-state index is -0.655. The zero-order valence-corrected chi connectivity index (χ0v) is 24.1. The van der Waals surface area contributed by atoms with Gasteiger partial charge in [0.2, 0.25) is 0 Å². The third-order valence-electron chi connectivity index (χ3n) is 9.70. The molecule has 3 fully saturated rings. The van der Waals surface area contributed by atoms with Gasteiger partial charge in [-0.1, -0.05) is 29.8 Å². The summed E-state index contributed by atoms with van der Waals surface area (Å²) in [5.41, 5.74) is 5.30. The zero-order valence-electron chi connectivity index (χ0n) is 24.1. The Bertz CT molecular complexity index is 1530. The predicted molar refractivity (Wildman–Crippen MR) is 159 cm³/mol. The maximum atomic E-state index is 13.3. The first-order valence-electron chi connectivity index (χ1n) is 15.1. The number of aromatic nitrogens is 1. The van der Waals surface area contributed by atoms with E-state index in [-0.39, 0.29) is 17.9 Å². The maximum absolute atomic E-state index is 13.3. The standard InChI is InChI=1S/C34H37N3O5/c1-22-5-8-30(28(17-22)29-3-2-4-31(35-29)36-14-12-34(33(39)40)19-25(34)20-36)42-21-23-6-7-27-24(18-23)9-13-37(32(27)38)26-10-15-41-16-11-26/h2-8,17-18,25-26H,9-16,19-21H2,1H3,(H,39,40)/t25-,34+/m0/s1. The summed E-state index contributed by atoms with van der Waals surface area (Å²) in [7, 11) is 0. The Morgan fingerprint density at radius 2 is 1.95 bits per heavy atom. The average Bonchev–Trinajstić information content (AvgIpc) is 3.77. The highest BCUT2D eigenvalue weighted by Crippen LogP contribution is 2.58. The highest BCUT2D eigenvalue weighted by molar-refractivity contribution is 5.97. The van der Waals surface area contributed by atoms with E-state index < -0.39 is 11.4 Å². The van der Waals surface area contributed by atoms with E-state index in [2.05, 4.69) is 24.0 Å². The Morgan fingerprint density at radius 3 is 2.76 bits per heavy atom. The quantitative estimate of drug-likeness (QED) is 0.424. The molecule has 8 nitrogen and oxygen atoms in total. The van der Waals surface area contributed by atoms with Crippen LogP contribution in [0.5, 0.6) is 5.75 Å². The van der Waals surface area contributed by atoms with Crippen LogP contribution in [-0.2, 0) is 22.6 Å². The van der Waals surface area contributed by atoms with Gasteiger partial charge < -0.3 is 24.4 Å². The topological polar surface area (TPSA) is 92.2 Å². The van der Waals surface area contributed by atoms with Crippen LogP contribution in [0.25, 0.3) is 11.3 Å². The molecule has 2 aromatic carbocycles. The second-order valence-electron chi connectivity index (χ2n) is 12.3. The summed E-state index contributed by atoms with van der Waals surface area (Å²) in [5.74, 6) is 1.31. The number of pyridine rings is 1. The number of carboxylic acids is 1. The molecule has 42 heavy (non-hydrogen) atoms. The number of carbonyl (C=O) groups is 2. The molecule has 1 N–H and O–H groups in total. The first kappa shape index (κ1) is 27.0. The van der Waals surface area contributed by atoms with E-state index in [4.69, 9.17) is 14.5 Å². The van der Waals surface area contributed by atoms with Gasteiger partial charge in [-0.2, -0.15) is 0 Å². The van der Waals surface area contributed by atoms with E-state index in [0.29, 0.717) is 19.6 Å². The van der Waals surface area contributed by atoms with E-state index in [1.165, 1.54) is 0 Å². The van der Waals surface area contributed by atoms with E-state index in [1.54, 1.807) is 0 Å². The van der Waals surface area contributed by atoms with Crippen molar-refractivity contribution in [1.29, 1.82) is 0 Å². The molecule has 0 spiro atoms. The Morgan fingerprint density at radius 1 is 1.10 bits per heavy atom. The zero-order chi connectivity index (χ0) is 28.8. The average molecular weight is 568 g/mol. The molecule has 7 rings (SSSR count). The number of nitrogens with zero attached hydrogens (tertiary/aromatic N) is 3. The van der Waals surface area contributed by atoms with Crippen LogP contribution in [0.4, 0.5) is 5.82 Å². The van der Waals surface area contributed by atoms with Crippen molar-refractivity contribution in [2.24, 2.45) is 11.3 Å². The molecule has 8 heteroatoms. The molecular formula is C34H37N3O5. The Labute approximate surface area is 246 Å². The van der Waals surface area contributed by atoms with Crippen molar-refractivity contribution in [1.82, 2.24) is 9.88 Å². The van der Waals surface area contributed by atoms with Gasteiger partial charge in [-0.3, -0.25) is 9.59 Å². The predicted octanol–water partition coefficient (Wildman–Crippen LogP) is 5.11. The van der Waals surface area contributed by atoms with Crippen LogP contribution in [-0.4, -0.2) is 65.8 Å². The van der Waals surface area contributed by atoms with Gasteiger partial charge in [0.25, 0.3) is 5.91 Å². The fourth-order valence-corrected chi connectivity index (χ4v) is 7.07. The number of carbonyl (C=O) groups excluding carboxylic acids is 1. The van der Waals surface area contributed by atoms with Gasteiger partial charge in [-0.15, -0.1) is 0 Å². The summed E-state index contributed by atoms with van der Waals surface area (Å²) in [6, 6.07) is 18.5. The molecule has 0 bridgehead atoms. The number of fused-ring (bicyclic) bond motifs is 2. The molecule has 4 heterocycles. The van der Waals surface area contributed by atoms with E-state index in [1.807, 2.05) is 47.4 Å². The number of rotatable bonds is 7. The molecule has 1 saturated carbocycles. The smallest absolute Gasteiger partial charge is 0.310 e. The number of hydrogen-bond donors (Lipinski definition) is 1. The molecule has 218 valence electrons. The molecule has 1 aromatic heterocycles. The van der Waals surface area contributed by atoms with Crippen molar-refractivity contribution >= 4 is 17.7 Å². The van der Waals surface area contributed by atoms with E-state index in [0.717, 1.165) is 97.1 Å². The molecule has 2 atom stereocenters. The summed E-state index contributed by atoms with van der Waals surface area (Å²) in [5, 5.41) is 9.64. The van der Waals surface area contributed by atoms with Gasteiger partial charge in [0, 0.05) is 50.0 Å². The molecule has 4 aliphatic rings. The molecular weight excluding hydrogens is 530 g/mol. The molecule has 3 aromatic rings. The number of amides is 1. The first-order valence-corrected chi connectivity index (χ1v) is 15.1. The minimum Gasteiger partial charge on any atom is -0.488 e. The molecule has 1 amide bonds. The van der Waals surface area contributed by atoms with Crippen molar-refractivity contribution in [3.05, 3.63) is 76.9 Å². The maximum Gasteiger partial charge on any atom is 0.310 e. The number of aryl methyl sites for hydroxylation is 1. The molecule has 3 aliphatic heterocycles. The van der Waals surface area contributed by atoms with Crippen LogP contribution in [0.2, 0.25) is 0 Å². The van der Waals surface area contributed by atoms with Crippen LogP contribution in [0.3, 0.4) is 0 Å². The second kappa shape index (κ2) is 10.7. The monoisotopic (exact) mass is 567 g/mol. The molecule has 0 unspecified atom stereocenters. The highest BCUT2D eigenvalue weighted by Gasteiger charge is 2.62. The number of ether oxygens (including phenoxy) is 2. The Kier molecular flexibility index (Phi) is 6.89. The molecule has 2 saturated heterocycles. The van der Waals surface area contributed by atoms with Crippen molar-refractivity contribution < 1.29 is 24.2 Å². The summed E-state index contributed by atoms with van der Waals surface area (Å²) >= 11 is 0. The van der Waals surface area contributed by atoms with Gasteiger partial charge in [-0.05, 0) is 86.4 Å². The first-order chi connectivity index (χ1) is 20.4. The summed E-state index contributed by atoms with van der Waals surface area (Å²) in [6.07, 6.45) is 4.10. The SMILES string of the molecule is Cc1ccc(OCc2ccc3c(c2)CCN(C2CCOCC2)C3=O)c(-c2cccc(N3CC[C@@]4(C(=O)O)C[C@H]4C3)n2)c1. The summed E-state index contributed by atoms with van der Waals surface area (Å²) < 4.78 is 11.9. The number of benzene rings is 2. The lowest BCUT2D eigenvalue weighted by molar-refractivity contribution is -0.144. The normalized spacial score (nSPS) is 23.7. The Hall–Kier alpha value is -3.91. The van der Waals surface area contributed by atoms with Gasteiger partial charge in [0.05, 0.1) is 11.1 Å². The minimum absolute atomic E-state index is 0.131. The number of hydrogen-bond acceptors (Lipinski definition) is 6. The lowest BCUT2D eigenvalue weighted by Crippen LogP contribution is -2.47. The lowest BCUT2D eigenvalue weighted by Gasteiger charge is -2.37. The van der Waals surface area contributed by atoms with Crippen molar-refractivity contribution in [2.75, 3.05) is 37.7 Å². The lowest BCUT2D eigenvalue weighted by atomic mass is 9.94. The Balaban J connectivity index is 1.06. The van der Waals surface area contributed by atoms with Gasteiger partial charge in [0.15, 0.2) is 0 Å². The van der Waals surface area contributed by atoms with E-state index in [9.17, 15) is 14.7 Å². The van der Waals surface area contributed by atoms with Gasteiger partial charge in [0.1, 0.15) is 18.2 Å². The summed E-state index contributed by atoms with van der Waals surface area (Å²) in [4.78, 5) is 34.2. The largest absolute Gasteiger partial charge is 0.488 e. The van der Waals surface area contributed by atoms with Crippen LogP contribution in [0.15, 0.2) is 54.6 Å². The van der Waals surface area contributed by atoms with Crippen LogP contribution < -0.4 is 9.64 Å². The number of aliphatic carboxylic acids is 1. The van der Waals surface area contributed by atoms with Gasteiger partial charge in [-0.25, -0.2) is 4.98 Å². The second-order valence-corrected chi connectivity index (χ2v) is 12.3. The summed E-state index contributed by atoms with van der Waals surface area (Å²) in [6.45, 7) is 6.09. The fraction of sp³-hybridized carbons (Fsp3) is 0.441. The van der Waals surface area contributed by atoms with Crippen molar-refractivity contribution in [3.63, 3.8) is 0 Å². The molecule has 0 radical (unpaired) electrons. The third kappa shape index (κ3) is 4.91. The fourth-order valence-electron chi connectivity index (χ4n) is 7.07.